The molecule has 0 spiro atoms. The third-order valence-corrected chi connectivity index (χ3v) is 5.54. The Hall–Kier alpha value is -0.740. The van der Waals surface area contributed by atoms with Crippen LogP contribution >= 0.6 is 34.5 Å². The molecule has 0 saturated heterocycles. The summed E-state index contributed by atoms with van der Waals surface area (Å²) in [5.74, 6) is 0.661. The third-order valence-electron chi connectivity index (χ3n) is 3.68. The molecular weight excluding hydrogens is 325 g/mol. The van der Waals surface area contributed by atoms with Crippen LogP contribution in [0.4, 0.5) is 0 Å². The summed E-state index contributed by atoms with van der Waals surface area (Å²) < 4.78 is 6.20. The van der Waals surface area contributed by atoms with Gasteiger partial charge in [0.2, 0.25) is 0 Å². The lowest BCUT2D eigenvalue weighted by molar-refractivity contribution is 0.183. The normalized spacial score (nSPS) is 19.1. The number of aryl methyl sites for hydroxylation is 1. The van der Waals surface area contributed by atoms with E-state index in [0.717, 1.165) is 19.5 Å². The fourth-order valence-electron chi connectivity index (χ4n) is 2.65. The van der Waals surface area contributed by atoms with Crippen molar-refractivity contribution in [3.63, 3.8) is 0 Å². The number of halogens is 2. The van der Waals surface area contributed by atoms with Gasteiger partial charge in [-0.3, -0.25) is 0 Å². The van der Waals surface area contributed by atoms with Crippen LogP contribution in [-0.4, -0.2) is 18.5 Å². The van der Waals surface area contributed by atoms with Gasteiger partial charge >= 0.3 is 0 Å². The largest absolute Gasteiger partial charge is 0.484 e. The maximum absolute atomic E-state index is 6.25. The van der Waals surface area contributed by atoms with E-state index in [-0.39, 0.29) is 6.10 Å². The van der Waals surface area contributed by atoms with Gasteiger partial charge in [0.25, 0.3) is 0 Å². The topological polar surface area (TPSA) is 12.5 Å². The molecule has 2 heterocycles. The molecule has 2 aromatic rings. The van der Waals surface area contributed by atoms with E-state index in [1.807, 2.05) is 23.5 Å². The van der Waals surface area contributed by atoms with Crippen molar-refractivity contribution in [2.45, 2.75) is 26.0 Å². The Kier molecular flexibility index (Phi) is 4.46. The summed E-state index contributed by atoms with van der Waals surface area (Å²) in [5.41, 5.74) is 1.29. The minimum absolute atomic E-state index is 0.0332. The van der Waals surface area contributed by atoms with Crippen LogP contribution < -0.4 is 4.74 Å². The van der Waals surface area contributed by atoms with E-state index >= 15 is 0 Å². The summed E-state index contributed by atoms with van der Waals surface area (Å²) in [5, 5.41) is 1.02. The van der Waals surface area contributed by atoms with Gasteiger partial charge in [-0.05, 0) is 32.2 Å². The Morgan fingerprint density at radius 3 is 2.95 bits per heavy atom. The highest BCUT2D eigenvalue weighted by molar-refractivity contribution is 7.12. The standard InChI is InChI=1S/C16H17Cl2NOS/c1-10-8-11-13(6-7-19(2)9-15(11)21-10)20-14-5-3-4-12(17)16(14)18/h3-5,8,13H,6-7,9H2,1-2H3. The zero-order valence-electron chi connectivity index (χ0n) is 12.0. The molecule has 1 unspecified atom stereocenters. The second-order valence-corrected chi connectivity index (χ2v) is 7.55. The summed E-state index contributed by atoms with van der Waals surface area (Å²) >= 11 is 14.2. The van der Waals surface area contributed by atoms with Gasteiger partial charge < -0.3 is 9.64 Å². The lowest BCUT2D eigenvalue weighted by Crippen LogP contribution is -2.18. The van der Waals surface area contributed by atoms with Crippen molar-refractivity contribution in [1.82, 2.24) is 4.90 Å². The van der Waals surface area contributed by atoms with E-state index in [9.17, 15) is 0 Å². The minimum Gasteiger partial charge on any atom is -0.484 e. The van der Waals surface area contributed by atoms with E-state index in [1.165, 1.54) is 15.3 Å². The third kappa shape index (κ3) is 3.21. The van der Waals surface area contributed by atoms with Crippen molar-refractivity contribution in [2.75, 3.05) is 13.6 Å². The van der Waals surface area contributed by atoms with Crippen LogP contribution in [0.5, 0.6) is 5.75 Å². The quantitative estimate of drug-likeness (QED) is 0.732. The smallest absolute Gasteiger partial charge is 0.140 e. The lowest BCUT2D eigenvalue weighted by Gasteiger charge is -2.19. The molecule has 112 valence electrons. The van der Waals surface area contributed by atoms with Gasteiger partial charge in [-0.2, -0.15) is 0 Å². The number of thiophene rings is 1. The fraction of sp³-hybridized carbons (Fsp3) is 0.375. The first-order valence-corrected chi connectivity index (χ1v) is 8.50. The lowest BCUT2D eigenvalue weighted by atomic mass is 10.1. The van der Waals surface area contributed by atoms with Crippen LogP contribution in [0.15, 0.2) is 24.3 Å². The minimum atomic E-state index is 0.0332. The van der Waals surface area contributed by atoms with Gasteiger partial charge in [0.15, 0.2) is 0 Å². The van der Waals surface area contributed by atoms with Gasteiger partial charge in [-0.1, -0.05) is 29.3 Å². The number of hydrogen-bond donors (Lipinski definition) is 0. The first kappa shape index (κ1) is 15.2. The van der Waals surface area contributed by atoms with Gasteiger partial charge in [0.05, 0.1) is 5.02 Å². The predicted octanol–water partition coefficient (Wildman–Crippen LogP) is 5.32. The van der Waals surface area contributed by atoms with Crippen molar-refractivity contribution in [2.24, 2.45) is 0 Å². The van der Waals surface area contributed by atoms with E-state index in [2.05, 4.69) is 24.9 Å². The number of fused-ring (bicyclic) bond motifs is 1. The van der Waals surface area contributed by atoms with Crippen molar-refractivity contribution < 1.29 is 4.74 Å². The van der Waals surface area contributed by atoms with E-state index < -0.39 is 0 Å². The number of rotatable bonds is 2. The maximum Gasteiger partial charge on any atom is 0.140 e. The number of nitrogens with zero attached hydrogens (tertiary/aromatic N) is 1. The van der Waals surface area contributed by atoms with Crippen LogP contribution in [0, 0.1) is 6.92 Å². The molecule has 0 aliphatic carbocycles. The Morgan fingerprint density at radius 2 is 2.14 bits per heavy atom. The van der Waals surface area contributed by atoms with Gasteiger partial charge in [-0.15, -0.1) is 11.3 Å². The summed E-state index contributed by atoms with van der Waals surface area (Å²) in [4.78, 5) is 5.04. The molecule has 21 heavy (non-hydrogen) atoms. The summed E-state index contributed by atoms with van der Waals surface area (Å²) in [7, 11) is 2.15. The van der Waals surface area contributed by atoms with Gasteiger partial charge in [0.1, 0.15) is 16.9 Å². The molecule has 1 aliphatic rings. The number of ether oxygens (including phenoxy) is 1. The molecule has 3 rings (SSSR count). The fourth-order valence-corrected chi connectivity index (χ4v) is 4.15. The zero-order chi connectivity index (χ0) is 15.0. The highest BCUT2D eigenvalue weighted by atomic mass is 35.5. The molecule has 0 saturated carbocycles. The monoisotopic (exact) mass is 341 g/mol. The summed E-state index contributed by atoms with van der Waals surface area (Å²) in [6.45, 7) is 4.13. The highest BCUT2D eigenvalue weighted by Gasteiger charge is 2.25. The molecule has 0 radical (unpaired) electrons. The SMILES string of the molecule is Cc1cc2c(s1)CN(C)CCC2Oc1cccc(Cl)c1Cl. The maximum atomic E-state index is 6.25. The molecule has 1 aliphatic heterocycles. The van der Waals surface area contributed by atoms with Crippen LogP contribution in [0.2, 0.25) is 10.0 Å². The molecule has 0 N–H and O–H groups in total. The Balaban J connectivity index is 1.93. The Morgan fingerprint density at radius 1 is 1.33 bits per heavy atom. The Labute approximate surface area is 139 Å². The average Bonchev–Trinajstić information content (AvgIpc) is 2.73. The van der Waals surface area contributed by atoms with E-state index in [4.69, 9.17) is 27.9 Å². The first-order chi connectivity index (χ1) is 10.0. The molecule has 1 aromatic heterocycles. The second kappa shape index (κ2) is 6.17. The van der Waals surface area contributed by atoms with Crippen LogP contribution in [0.3, 0.4) is 0 Å². The number of benzene rings is 1. The van der Waals surface area contributed by atoms with Crippen molar-refractivity contribution in [3.05, 3.63) is 49.6 Å². The summed E-state index contributed by atoms with van der Waals surface area (Å²) in [6, 6.07) is 7.76. The van der Waals surface area contributed by atoms with Gasteiger partial charge in [0, 0.05) is 34.8 Å². The Bertz CT molecular complexity index is 656. The average molecular weight is 342 g/mol. The zero-order valence-corrected chi connectivity index (χ0v) is 14.4. The van der Waals surface area contributed by atoms with Crippen LogP contribution in [0.1, 0.15) is 27.8 Å². The molecule has 0 bridgehead atoms. The van der Waals surface area contributed by atoms with Gasteiger partial charge in [-0.25, -0.2) is 0 Å². The predicted molar refractivity (Wildman–Crippen MR) is 89.8 cm³/mol. The first-order valence-electron chi connectivity index (χ1n) is 6.93. The van der Waals surface area contributed by atoms with Crippen molar-refractivity contribution >= 4 is 34.5 Å². The molecule has 1 atom stereocenters. The van der Waals surface area contributed by atoms with E-state index in [1.54, 1.807) is 6.07 Å². The number of hydrogen-bond acceptors (Lipinski definition) is 3. The molecular formula is C16H17Cl2NOS. The van der Waals surface area contributed by atoms with Crippen LogP contribution in [0.25, 0.3) is 0 Å². The van der Waals surface area contributed by atoms with E-state index in [0.29, 0.717) is 15.8 Å². The van der Waals surface area contributed by atoms with Crippen molar-refractivity contribution in [1.29, 1.82) is 0 Å². The molecule has 5 heteroatoms. The van der Waals surface area contributed by atoms with Crippen molar-refractivity contribution in [3.8, 4) is 5.75 Å². The molecule has 0 fully saturated rings. The summed E-state index contributed by atoms with van der Waals surface area (Å²) in [6.07, 6.45) is 0.980. The molecule has 1 aromatic carbocycles. The molecule has 2 nitrogen and oxygen atoms in total. The van der Waals surface area contributed by atoms with Crippen LogP contribution in [-0.2, 0) is 6.54 Å². The molecule has 0 amide bonds. The highest BCUT2D eigenvalue weighted by Crippen LogP contribution is 2.39. The second-order valence-electron chi connectivity index (χ2n) is 5.42.